The number of nitro benzene ring substituents is 1. The highest BCUT2D eigenvalue weighted by molar-refractivity contribution is 9.10. The van der Waals surface area contributed by atoms with Crippen molar-refractivity contribution in [3.05, 3.63) is 91.1 Å². The van der Waals surface area contributed by atoms with Gasteiger partial charge in [-0.15, -0.1) is 0 Å². The van der Waals surface area contributed by atoms with Crippen LogP contribution in [0.5, 0.6) is 0 Å². The van der Waals surface area contributed by atoms with E-state index < -0.39 is 4.92 Å². The molecular weight excluding hydrogens is 476 g/mol. The number of fused-ring (bicyclic) bond motifs is 1. The van der Waals surface area contributed by atoms with Crippen LogP contribution in [0.15, 0.2) is 73.4 Å². The van der Waals surface area contributed by atoms with Crippen LogP contribution in [0.1, 0.15) is 37.8 Å². The zero-order chi connectivity index (χ0) is 22.8. The Balaban J connectivity index is 1.77. The smallest absolute Gasteiger partial charge is 0.282 e. The minimum Gasteiger partial charge on any atom is -0.455 e. The molecule has 0 unspecified atom stereocenters. The van der Waals surface area contributed by atoms with Crippen molar-refractivity contribution in [3.8, 4) is 11.3 Å². The van der Waals surface area contributed by atoms with Crippen molar-refractivity contribution < 1.29 is 9.34 Å². The van der Waals surface area contributed by atoms with E-state index >= 15 is 0 Å². The second-order valence-corrected chi connectivity index (χ2v) is 8.19. The third kappa shape index (κ3) is 4.11. The molecule has 0 saturated heterocycles. The van der Waals surface area contributed by atoms with Crippen molar-refractivity contribution in [1.29, 1.82) is 0 Å². The molecule has 9 heteroatoms. The van der Waals surface area contributed by atoms with Gasteiger partial charge in [0.05, 0.1) is 27.6 Å². The number of furan rings is 1. The fraction of sp³-hybridized carbons (Fsp3) is 0.174. The molecule has 2 heterocycles. The first kappa shape index (κ1) is 21.6. The lowest BCUT2D eigenvalue weighted by Crippen LogP contribution is -2.23. The topological polar surface area (TPSA) is 104 Å². The minimum absolute atomic E-state index is 0.00651. The van der Waals surface area contributed by atoms with Gasteiger partial charge in [0.15, 0.2) is 0 Å². The molecule has 2 aromatic carbocycles. The van der Waals surface area contributed by atoms with Gasteiger partial charge >= 0.3 is 0 Å². The van der Waals surface area contributed by atoms with Gasteiger partial charge in [0.25, 0.3) is 11.2 Å². The van der Waals surface area contributed by atoms with Crippen molar-refractivity contribution in [2.75, 3.05) is 0 Å². The van der Waals surface area contributed by atoms with E-state index in [0.29, 0.717) is 33.8 Å². The molecule has 32 heavy (non-hydrogen) atoms. The zero-order valence-corrected chi connectivity index (χ0v) is 18.9. The summed E-state index contributed by atoms with van der Waals surface area (Å²) in [5.41, 5.74) is 0.640. The van der Waals surface area contributed by atoms with E-state index in [2.05, 4.69) is 26.0 Å². The normalized spacial score (nSPS) is 12.5. The average molecular weight is 495 g/mol. The number of halogens is 1. The molecule has 0 spiro atoms. The Morgan fingerprint density at radius 1 is 1.25 bits per heavy atom. The molecule has 162 valence electrons. The summed E-state index contributed by atoms with van der Waals surface area (Å²) in [6, 6.07) is 15.0. The van der Waals surface area contributed by atoms with Gasteiger partial charge in [-0.3, -0.25) is 14.9 Å². The highest BCUT2D eigenvalue weighted by atomic mass is 79.9. The number of para-hydroxylation sites is 1. The summed E-state index contributed by atoms with van der Waals surface area (Å²) in [4.78, 5) is 28.7. The maximum Gasteiger partial charge on any atom is 0.282 e. The van der Waals surface area contributed by atoms with Crippen LogP contribution in [-0.4, -0.2) is 20.8 Å². The van der Waals surface area contributed by atoms with E-state index in [1.807, 2.05) is 19.9 Å². The van der Waals surface area contributed by atoms with E-state index in [4.69, 9.17) is 4.42 Å². The third-order valence-corrected chi connectivity index (χ3v) is 5.67. The fourth-order valence-electron chi connectivity index (χ4n) is 3.30. The van der Waals surface area contributed by atoms with Gasteiger partial charge in [-0.2, -0.15) is 9.78 Å². The van der Waals surface area contributed by atoms with Crippen molar-refractivity contribution in [2.24, 2.45) is 5.10 Å². The molecule has 0 fully saturated rings. The zero-order valence-electron chi connectivity index (χ0n) is 17.4. The Bertz CT molecular complexity index is 1410. The summed E-state index contributed by atoms with van der Waals surface area (Å²) in [6.07, 6.45) is 2.20. The Morgan fingerprint density at radius 2 is 2.03 bits per heavy atom. The molecule has 4 aromatic rings. The van der Waals surface area contributed by atoms with Crippen molar-refractivity contribution in [2.45, 2.75) is 26.2 Å². The standard InChI is InChI=1S/C23H19BrN4O4/c1-3-14(2)22-26-19-10-8-15(24)12-18(19)23(29)27(22)25-13-16-9-11-21(32-16)17-6-4-5-7-20(17)28(30)31/h4-14H,3H2,1-2H3/t14-/m0/s1. The van der Waals surface area contributed by atoms with Gasteiger partial charge in [-0.05, 0) is 42.8 Å². The van der Waals surface area contributed by atoms with Crippen LogP contribution in [0.3, 0.4) is 0 Å². The number of rotatable bonds is 6. The number of benzene rings is 2. The van der Waals surface area contributed by atoms with E-state index in [9.17, 15) is 14.9 Å². The van der Waals surface area contributed by atoms with Crippen LogP contribution in [0.4, 0.5) is 5.69 Å². The maximum absolute atomic E-state index is 13.2. The SMILES string of the molecule is CC[C@H](C)c1nc2ccc(Br)cc2c(=O)n1N=Cc1ccc(-c2ccccc2[N+](=O)[O-])o1. The number of nitrogens with zero attached hydrogens (tertiary/aromatic N) is 4. The van der Waals surface area contributed by atoms with E-state index in [1.165, 1.54) is 17.0 Å². The summed E-state index contributed by atoms with van der Waals surface area (Å²) < 4.78 is 7.82. The van der Waals surface area contributed by atoms with Crippen LogP contribution in [0.2, 0.25) is 0 Å². The van der Waals surface area contributed by atoms with Crippen molar-refractivity contribution >= 4 is 38.7 Å². The molecule has 0 amide bonds. The first-order valence-electron chi connectivity index (χ1n) is 9.99. The highest BCUT2D eigenvalue weighted by Gasteiger charge is 2.18. The second kappa shape index (κ2) is 8.88. The monoisotopic (exact) mass is 494 g/mol. The highest BCUT2D eigenvalue weighted by Crippen LogP contribution is 2.30. The van der Waals surface area contributed by atoms with Gasteiger partial charge in [0.1, 0.15) is 17.3 Å². The molecule has 0 radical (unpaired) electrons. The number of aromatic nitrogens is 2. The van der Waals surface area contributed by atoms with Crippen molar-refractivity contribution in [3.63, 3.8) is 0 Å². The van der Waals surface area contributed by atoms with Gasteiger partial charge in [-0.1, -0.05) is 41.9 Å². The van der Waals surface area contributed by atoms with Gasteiger partial charge < -0.3 is 4.42 Å². The van der Waals surface area contributed by atoms with Crippen LogP contribution in [0, 0.1) is 10.1 Å². The van der Waals surface area contributed by atoms with E-state index in [0.717, 1.165) is 10.9 Å². The van der Waals surface area contributed by atoms with Crippen LogP contribution in [0.25, 0.3) is 22.2 Å². The van der Waals surface area contributed by atoms with Crippen LogP contribution in [-0.2, 0) is 0 Å². The number of hydrogen-bond acceptors (Lipinski definition) is 6. The summed E-state index contributed by atoms with van der Waals surface area (Å²) >= 11 is 3.39. The summed E-state index contributed by atoms with van der Waals surface area (Å²) in [5.74, 6) is 1.25. The molecule has 0 saturated carbocycles. The number of nitro groups is 1. The molecule has 0 aliphatic rings. The lowest BCUT2D eigenvalue weighted by molar-refractivity contribution is -0.384. The molecule has 4 rings (SSSR count). The van der Waals surface area contributed by atoms with Gasteiger partial charge in [-0.25, -0.2) is 4.98 Å². The van der Waals surface area contributed by atoms with Gasteiger partial charge in [0.2, 0.25) is 0 Å². The summed E-state index contributed by atoms with van der Waals surface area (Å²) in [6.45, 7) is 4.00. The third-order valence-electron chi connectivity index (χ3n) is 5.18. The Hall–Kier alpha value is -3.59. The molecule has 0 aliphatic heterocycles. The maximum atomic E-state index is 13.2. The van der Waals surface area contributed by atoms with Crippen LogP contribution >= 0.6 is 15.9 Å². The first-order valence-corrected chi connectivity index (χ1v) is 10.8. The molecular formula is C23H19BrN4O4. The second-order valence-electron chi connectivity index (χ2n) is 7.28. The predicted molar refractivity (Wildman–Crippen MR) is 126 cm³/mol. The fourth-order valence-corrected chi connectivity index (χ4v) is 3.66. The Kier molecular flexibility index (Phi) is 6.00. The molecule has 8 nitrogen and oxygen atoms in total. The molecule has 0 N–H and O–H groups in total. The predicted octanol–water partition coefficient (Wildman–Crippen LogP) is 5.72. The lowest BCUT2D eigenvalue weighted by Gasteiger charge is -2.13. The molecule has 2 aromatic heterocycles. The lowest BCUT2D eigenvalue weighted by atomic mass is 10.1. The van der Waals surface area contributed by atoms with Gasteiger partial charge in [0, 0.05) is 16.5 Å². The number of hydrogen-bond donors (Lipinski definition) is 0. The minimum atomic E-state index is -0.456. The van der Waals surface area contributed by atoms with E-state index in [-0.39, 0.29) is 17.2 Å². The molecule has 1 atom stereocenters. The quantitative estimate of drug-likeness (QED) is 0.193. The molecule has 0 aliphatic carbocycles. The van der Waals surface area contributed by atoms with E-state index in [1.54, 1.807) is 42.5 Å². The molecule has 0 bridgehead atoms. The Labute approximate surface area is 191 Å². The first-order chi connectivity index (χ1) is 15.4. The largest absolute Gasteiger partial charge is 0.455 e. The Morgan fingerprint density at radius 3 is 2.78 bits per heavy atom. The van der Waals surface area contributed by atoms with Crippen molar-refractivity contribution in [1.82, 2.24) is 9.66 Å². The average Bonchev–Trinajstić information content (AvgIpc) is 3.27. The van der Waals surface area contributed by atoms with Crippen LogP contribution < -0.4 is 5.56 Å². The summed E-state index contributed by atoms with van der Waals surface area (Å²) in [7, 11) is 0. The summed E-state index contributed by atoms with van der Waals surface area (Å²) in [5, 5.41) is 16.1.